The number of hydrogen-bond acceptors (Lipinski definition) is 7. The van der Waals surface area contributed by atoms with Crippen molar-refractivity contribution in [3.63, 3.8) is 0 Å². The van der Waals surface area contributed by atoms with Gasteiger partial charge in [-0.25, -0.2) is 0 Å². The highest BCUT2D eigenvalue weighted by atomic mass is 79.9. The van der Waals surface area contributed by atoms with Crippen molar-refractivity contribution in [2.75, 3.05) is 12.5 Å². The lowest BCUT2D eigenvalue weighted by molar-refractivity contribution is -1.91. The standard InChI is InChI=1S/C6H7BrClNO6S2/c1-17(2,15-8(10,11)12)5-3-4(9(13)14)6(7)16-5/h3H,1-2H3. The zero-order chi connectivity index (χ0) is 13.4. The maximum atomic E-state index is 10.6. The Hall–Kier alpha value is 0.0600. The molecule has 1 heterocycles. The van der Waals surface area contributed by atoms with Gasteiger partial charge in [0.15, 0.2) is 0 Å². The molecule has 0 saturated heterocycles. The highest BCUT2D eigenvalue weighted by Gasteiger charge is 2.37. The van der Waals surface area contributed by atoms with Crippen molar-refractivity contribution in [1.82, 2.24) is 0 Å². The minimum atomic E-state index is -4.57. The third-order valence-corrected chi connectivity index (χ3v) is 7.58. The van der Waals surface area contributed by atoms with E-state index in [-0.39, 0.29) is 9.47 Å². The summed E-state index contributed by atoms with van der Waals surface area (Å²) >= 11 is 3.96. The minimum Gasteiger partial charge on any atom is -0.258 e. The van der Waals surface area contributed by atoms with Crippen LogP contribution in [-0.2, 0) is 3.74 Å². The number of rotatable bonds is 4. The quantitative estimate of drug-likeness (QED) is 0.530. The van der Waals surface area contributed by atoms with Crippen LogP contribution in [0.4, 0.5) is 5.69 Å². The van der Waals surface area contributed by atoms with Crippen LogP contribution in [0.2, 0.25) is 0 Å². The SMILES string of the molecule is CS(C)(O[Cl+3]([O-])([O-])[O-])c1cc([N+](=O)[O-])c(Br)s1. The van der Waals surface area contributed by atoms with E-state index >= 15 is 0 Å². The van der Waals surface area contributed by atoms with Crippen LogP contribution in [-0.4, -0.2) is 17.4 Å². The van der Waals surface area contributed by atoms with Crippen LogP contribution in [0.25, 0.3) is 0 Å². The second kappa shape index (κ2) is 4.97. The molecule has 1 aromatic heterocycles. The molecule has 98 valence electrons. The Labute approximate surface area is 113 Å². The predicted octanol–water partition coefficient (Wildman–Crippen LogP) is -0.329. The molecule has 11 heteroatoms. The third-order valence-electron chi connectivity index (χ3n) is 1.56. The summed E-state index contributed by atoms with van der Waals surface area (Å²) in [5, 5.41) is 10.6. The monoisotopic (exact) mass is 367 g/mol. The van der Waals surface area contributed by atoms with Gasteiger partial charge in [0.25, 0.3) is 5.69 Å². The van der Waals surface area contributed by atoms with E-state index in [1.807, 2.05) is 0 Å². The first-order valence-electron chi connectivity index (χ1n) is 3.82. The fourth-order valence-electron chi connectivity index (χ4n) is 0.929. The van der Waals surface area contributed by atoms with Crippen LogP contribution < -0.4 is 14.0 Å². The Morgan fingerprint density at radius 3 is 2.35 bits per heavy atom. The van der Waals surface area contributed by atoms with E-state index in [0.717, 1.165) is 11.3 Å². The van der Waals surface area contributed by atoms with Crippen LogP contribution >= 0.6 is 37.6 Å². The van der Waals surface area contributed by atoms with Gasteiger partial charge in [0.05, 0.1) is 19.4 Å². The fourth-order valence-corrected chi connectivity index (χ4v) is 6.09. The maximum absolute atomic E-state index is 10.6. The van der Waals surface area contributed by atoms with E-state index in [4.69, 9.17) is 0 Å². The molecule has 7 nitrogen and oxygen atoms in total. The van der Waals surface area contributed by atoms with Gasteiger partial charge in [0, 0.05) is 28.9 Å². The van der Waals surface area contributed by atoms with E-state index in [2.05, 4.69) is 19.7 Å². The molecule has 1 aromatic rings. The van der Waals surface area contributed by atoms with Crippen LogP contribution in [0.5, 0.6) is 0 Å². The van der Waals surface area contributed by atoms with E-state index in [1.165, 1.54) is 18.6 Å². The lowest BCUT2D eigenvalue weighted by Gasteiger charge is -2.24. The van der Waals surface area contributed by atoms with E-state index in [0.29, 0.717) is 4.21 Å². The molecule has 0 bridgehead atoms. The molecule has 17 heavy (non-hydrogen) atoms. The Bertz CT molecular complexity index is 444. The summed E-state index contributed by atoms with van der Waals surface area (Å²) in [6, 6.07) is 1.20. The molecule has 0 unspecified atom stereocenters. The molecule has 0 saturated carbocycles. The van der Waals surface area contributed by atoms with E-state index in [1.54, 1.807) is 0 Å². The highest BCUT2D eigenvalue weighted by Crippen LogP contribution is 2.57. The molecule has 0 spiro atoms. The number of nitrogens with zero attached hydrogens (tertiary/aromatic N) is 1. The molecule has 0 atom stereocenters. The minimum absolute atomic E-state index is 0.186. The summed E-state index contributed by atoms with van der Waals surface area (Å²) in [5.74, 6) is 0. The first kappa shape index (κ1) is 15.1. The van der Waals surface area contributed by atoms with Gasteiger partial charge in [-0.3, -0.25) is 10.1 Å². The Morgan fingerprint density at radius 1 is 1.47 bits per heavy atom. The zero-order valence-corrected chi connectivity index (χ0v) is 12.5. The Kier molecular flexibility index (Phi) is 4.42. The zero-order valence-electron chi connectivity index (χ0n) is 8.55. The van der Waals surface area contributed by atoms with Crippen LogP contribution in [0, 0.1) is 20.4 Å². The normalized spacial score (nSPS) is 13.8. The van der Waals surface area contributed by atoms with Crippen molar-refractivity contribution < 1.29 is 32.9 Å². The van der Waals surface area contributed by atoms with Crippen molar-refractivity contribution >= 4 is 43.3 Å². The third kappa shape index (κ3) is 4.03. The molecule has 0 aliphatic rings. The lowest BCUT2D eigenvalue weighted by Crippen LogP contribution is -2.60. The first-order chi connectivity index (χ1) is 7.53. The van der Waals surface area contributed by atoms with Crippen molar-refractivity contribution in [1.29, 1.82) is 0 Å². The Balaban J connectivity index is 3.07. The molecule has 0 N–H and O–H groups in total. The predicted molar refractivity (Wildman–Crippen MR) is 57.5 cm³/mol. The second-order valence-electron chi connectivity index (χ2n) is 3.16. The molecule has 0 aliphatic carbocycles. The average Bonchev–Trinajstić information content (AvgIpc) is 2.43. The smallest absolute Gasteiger partial charge is 0.258 e. The van der Waals surface area contributed by atoms with Crippen molar-refractivity contribution in [3.8, 4) is 0 Å². The van der Waals surface area contributed by atoms with Crippen LogP contribution in [0.1, 0.15) is 0 Å². The molecule has 0 radical (unpaired) electrons. The van der Waals surface area contributed by atoms with Gasteiger partial charge in [0.1, 0.15) is 7.52 Å². The van der Waals surface area contributed by atoms with Gasteiger partial charge in [-0.05, 0) is 15.9 Å². The highest BCUT2D eigenvalue weighted by molar-refractivity contribution is 9.11. The van der Waals surface area contributed by atoms with Crippen LogP contribution in [0.15, 0.2) is 14.1 Å². The summed E-state index contributed by atoms with van der Waals surface area (Å²) in [5.41, 5.74) is -0.186. The largest absolute Gasteiger partial charge is 0.295 e. The van der Waals surface area contributed by atoms with Gasteiger partial charge < -0.3 is 0 Å². The molecular formula is C6H7BrClNO6S2. The number of halogens is 2. The Morgan fingerprint density at radius 2 is 2.00 bits per heavy atom. The molecule has 0 aromatic carbocycles. The summed E-state index contributed by atoms with van der Waals surface area (Å²) in [6.45, 7) is 0. The average molecular weight is 369 g/mol. The van der Waals surface area contributed by atoms with Gasteiger partial charge in [-0.1, -0.05) is 0 Å². The molecule has 1 rings (SSSR count). The van der Waals surface area contributed by atoms with Gasteiger partial charge in [-0.2, -0.15) is 14.0 Å². The van der Waals surface area contributed by atoms with Gasteiger partial charge in [-0.15, -0.1) is 11.3 Å². The van der Waals surface area contributed by atoms with Crippen molar-refractivity contribution in [3.05, 3.63) is 20.0 Å². The van der Waals surface area contributed by atoms with Crippen LogP contribution in [0.3, 0.4) is 0 Å². The van der Waals surface area contributed by atoms with E-state index < -0.39 is 25.5 Å². The summed E-state index contributed by atoms with van der Waals surface area (Å²) in [7, 11) is -6.95. The van der Waals surface area contributed by atoms with Gasteiger partial charge in [0.2, 0.25) is 0 Å². The number of hydrogen-bond donors (Lipinski definition) is 0. The summed E-state index contributed by atoms with van der Waals surface area (Å²) in [4.78, 5) is 10.0. The van der Waals surface area contributed by atoms with Crippen molar-refractivity contribution in [2.24, 2.45) is 0 Å². The first-order valence-corrected chi connectivity index (χ1v) is 9.04. The van der Waals surface area contributed by atoms with E-state index in [9.17, 15) is 24.1 Å². The molecule has 0 aliphatic heterocycles. The number of nitro groups is 1. The lowest BCUT2D eigenvalue weighted by atomic mass is 10.6. The molecular weight excluding hydrogens is 362 g/mol. The fraction of sp³-hybridized carbons (Fsp3) is 0.333. The maximum Gasteiger partial charge on any atom is 0.295 e. The van der Waals surface area contributed by atoms with Crippen molar-refractivity contribution in [2.45, 2.75) is 4.21 Å². The van der Waals surface area contributed by atoms with Gasteiger partial charge >= 0.3 is 0 Å². The molecule has 0 amide bonds. The topological polar surface area (TPSA) is 122 Å². The number of thiophene rings is 1. The second-order valence-corrected chi connectivity index (χ2v) is 9.95. The molecule has 0 fully saturated rings. The summed E-state index contributed by atoms with van der Waals surface area (Å²) < 4.78 is 36.5. The summed E-state index contributed by atoms with van der Waals surface area (Å²) in [6.07, 6.45) is 2.83.